The van der Waals surface area contributed by atoms with Crippen molar-refractivity contribution in [2.24, 2.45) is 0 Å². The van der Waals surface area contributed by atoms with Crippen LogP contribution in [0.5, 0.6) is 0 Å². The van der Waals surface area contributed by atoms with Gasteiger partial charge in [-0.25, -0.2) is 0 Å². The van der Waals surface area contributed by atoms with Crippen LogP contribution >= 0.6 is 0 Å². The van der Waals surface area contributed by atoms with E-state index >= 15 is 0 Å². The van der Waals surface area contributed by atoms with Crippen LogP contribution < -0.4 is 0 Å². The van der Waals surface area contributed by atoms with E-state index in [1.165, 1.54) is 0 Å². The van der Waals surface area contributed by atoms with Crippen molar-refractivity contribution in [2.75, 3.05) is 26.4 Å². The van der Waals surface area contributed by atoms with Crippen molar-refractivity contribution < 1.29 is 47.3 Å². The smallest absolute Gasteiger partial charge is 0.101 e. The van der Waals surface area contributed by atoms with Gasteiger partial charge in [-0.05, 0) is 12.8 Å². The van der Waals surface area contributed by atoms with Crippen molar-refractivity contribution in [1.29, 1.82) is 0 Å². The fourth-order valence-electron chi connectivity index (χ4n) is 0.776. The standard InChI is InChI=1S/C9H20O3.Y/c1-3-5-11-7-9(10)8-12-6-4-2;/h9-10H,3-8H2,1-2H3;. The van der Waals surface area contributed by atoms with E-state index in [1.807, 2.05) is 13.8 Å². The average molecular weight is 265 g/mol. The summed E-state index contributed by atoms with van der Waals surface area (Å²) in [4.78, 5) is 0. The predicted molar refractivity (Wildman–Crippen MR) is 48.2 cm³/mol. The van der Waals surface area contributed by atoms with Gasteiger partial charge in [-0.15, -0.1) is 0 Å². The quantitative estimate of drug-likeness (QED) is 0.670. The first-order valence-corrected chi connectivity index (χ1v) is 4.64. The maximum atomic E-state index is 9.25. The van der Waals surface area contributed by atoms with Gasteiger partial charge in [0.15, 0.2) is 0 Å². The van der Waals surface area contributed by atoms with Crippen LogP contribution in [-0.2, 0) is 42.2 Å². The molecule has 4 heteroatoms. The Morgan fingerprint density at radius 1 is 1.00 bits per heavy atom. The van der Waals surface area contributed by atoms with E-state index < -0.39 is 6.10 Å². The summed E-state index contributed by atoms with van der Waals surface area (Å²) >= 11 is 0. The molecule has 0 saturated heterocycles. The molecule has 1 radical (unpaired) electrons. The van der Waals surface area contributed by atoms with Gasteiger partial charge in [-0.3, -0.25) is 0 Å². The van der Waals surface area contributed by atoms with Crippen LogP contribution in [0.3, 0.4) is 0 Å². The number of aliphatic hydroxyl groups excluding tert-OH is 1. The molecule has 0 fully saturated rings. The van der Waals surface area contributed by atoms with Gasteiger partial charge in [0.2, 0.25) is 0 Å². The van der Waals surface area contributed by atoms with Gasteiger partial charge in [0.05, 0.1) is 13.2 Å². The molecule has 13 heavy (non-hydrogen) atoms. The number of hydrogen-bond acceptors (Lipinski definition) is 3. The first-order chi connectivity index (χ1) is 5.81. The molecule has 0 atom stereocenters. The second-order valence-corrected chi connectivity index (χ2v) is 2.80. The summed E-state index contributed by atoms with van der Waals surface area (Å²) in [6.45, 7) is 6.28. The molecule has 0 aliphatic carbocycles. The van der Waals surface area contributed by atoms with Crippen molar-refractivity contribution in [3.8, 4) is 0 Å². The second kappa shape index (κ2) is 13.0. The molecule has 0 aromatic heterocycles. The minimum absolute atomic E-state index is 0. The zero-order valence-electron chi connectivity index (χ0n) is 8.66. The van der Waals surface area contributed by atoms with Crippen LogP contribution in [0.2, 0.25) is 0 Å². The monoisotopic (exact) mass is 265 g/mol. The summed E-state index contributed by atoms with van der Waals surface area (Å²) in [5.41, 5.74) is 0. The number of rotatable bonds is 8. The predicted octanol–water partition coefficient (Wildman–Crippen LogP) is 1.20. The summed E-state index contributed by atoms with van der Waals surface area (Å²) in [6, 6.07) is 0. The van der Waals surface area contributed by atoms with Gasteiger partial charge < -0.3 is 14.6 Å². The summed E-state index contributed by atoms with van der Waals surface area (Å²) in [5.74, 6) is 0. The molecule has 0 aromatic rings. The Labute approximate surface area is 106 Å². The molecule has 0 spiro atoms. The maximum Gasteiger partial charge on any atom is 0.101 e. The van der Waals surface area contributed by atoms with E-state index in [0.717, 1.165) is 12.8 Å². The number of hydrogen-bond donors (Lipinski definition) is 1. The van der Waals surface area contributed by atoms with Crippen molar-refractivity contribution in [3.05, 3.63) is 0 Å². The Hall–Kier alpha value is 0.984. The Morgan fingerprint density at radius 2 is 1.38 bits per heavy atom. The Bertz CT molecular complexity index is 80.9. The van der Waals surface area contributed by atoms with Crippen LogP contribution in [0.1, 0.15) is 26.7 Å². The zero-order valence-corrected chi connectivity index (χ0v) is 11.5. The van der Waals surface area contributed by atoms with Crippen LogP contribution in [0, 0.1) is 0 Å². The number of ether oxygens (including phenoxy) is 2. The third kappa shape index (κ3) is 13.0. The van der Waals surface area contributed by atoms with Crippen LogP contribution in [0.4, 0.5) is 0 Å². The molecule has 0 unspecified atom stereocenters. The molecule has 0 amide bonds. The molecule has 0 aromatic carbocycles. The molecule has 0 bridgehead atoms. The van der Waals surface area contributed by atoms with Crippen molar-refractivity contribution >= 4 is 0 Å². The van der Waals surface area contributed by atoms with Gasteiger partial charge in [-0.2, -0.15) is 0 Å². The molecule has 0 aliphatic rings. The average Bonchev–Trinajstić information content (AvgIpc) is 2.06. The minimum Gasteiger partial charge on any atom is -0.388 e. The molecule has 0 saturated carbocycles. The normalized spacial score (nSPS) is 10.2. The largest absolute Gasteiger partial charge is 0.388 e. The first kappa shape index (κ1) is 16.4. The molecule has 0 aliphatic heterocycles. The first-order valence-electron chi connectivity index (χ1n) is 4.64. The molecule has 0 heterocycles. The zero-order chi connectivity index (χ0) is 9.23. The molecule has 77 valence electrons. The van der Waals surface area contributed by atoms with E-state index in [4.69, 9.17) is 9.47 Å². The van der Waals surface area contributed by atoms with Gasteiger partial charge >= 0.3 is 0 Å². The van der Waals surface area contributed by atoms with Gasteiger partial charge in [-0.1, -0.05) is 13.8 Å². The van der Waals surface area contributed by atoms with Gasteiger partial charge in [0, 0.05) is 45.9 Å². The fourth-order valence-corrected chi connectivity index (χ4v) is 0.776. The number of aliphatic hydroxyl groups is 1. The molecule has 0 rings (SSSR count). The molecular formula is C9H20O3Y. The summed E-state index contributed by atoms with van der Waals surface area (Å²) < 4.78 is 10.3. The second-order valence-electron chi connectivity index (χ2n) is 2.80. The Kier molecular flexibility index (Phi) is 16.4. The third-order valence-electron chi connectivity index (χ3n) is 1.32. The SMILES string of the molecule is CCCOCC(O)COCCC.[Y]. The summed E-state index contributed by atoms with van der Waals surface area (Å²) in [6.07, 6.45) is 1.51. The minimum atomic E-state index is -0.469. The molecule has 3 nitrogen and oxygen atoms in total. The van der Waals surface area contributed by atoms with E-state index in [0.29, 0.717) is 26.4 Å². The van der Waals surface area contributed by atoms with Crippen molar-refractivity contribution in [1.82, 2.24) is 0 Å². The third-order valence-corrected chi connectivity index (χ3v) is 1.32. The molecule has 1 N–H and O–H groups in total. The van der Waals surface area contributed by atoms with Crippen LogP contribution in [0.15, 0.2) is 0 Å². The van der Waals surface area contributed by atoms with Gasteiger partial charge in [0.1, 0.15) is 6.10 Å². The van der Waals surface area contributed by atoms with Gasteiger partial charge in [0.25, 0.3) is 0 Å². The summed E-state index contributed by atoms with van der Waals surface area (Å²) in [7, 11) is 0. The van der Waals surface area contributed by atoms with E-state index in [-0.39, 0.29) is 32.7 Å². The van der Waals surface area contributed by atoms with Crippen molar-refractivity contribution in [2.45, 2.75) is 32.8 Å². The maximum absolute atomic E-state index is 9.25. The van der Waals surface area contributed by atoms with Crippen LogP contribution in [0.25, 0.3) is 0 Å². The summed E-state index contributed by atoms with van der Waals surface area (Å²) in [5, 5.41) is 9.25. The Balaban J connectivity index is 0. The van der Waals surface area contributed by atoms with Crippen molar-refractivity contribution in [3.63, 3.8) is 0 Å². The Morgan fingerprint density at radius 3 is 1.69 bits per heavy atom. The van der Waals surface area contributed by atoms with E-state index in [1.54, 1.807) is 0 Å². The molecular weight excluding hydrogens is 245 g/mol. The van der Waals surface area contributed by atoms with E-state index in [2.05, 4.69) is 0 Å². The van der Waals surface area contributed by atoms with E-state index in [9.17, 15) is 5.11 Å². The fraction of sp³-hybridized carbons (Fsp3) is 1.00. The topological polar surface area (TPSA) is 38.7 Å². The van der Waals surface area contributed by atoms with Crippen LogP contribution in [-0.4, -0.2) is 37.6 Å².